The van der Waals surface area contributed by atoms with Crippen LogP contribution in [0.5, 0.6) is 0 Å². The maximum Gasteiger partial charge on any atom is 0.358 e. The Kier molecular flexibility index (Phi) is 4.10. The molecule has 2 aromatic carbocycles. The molecule has 96 valence electrons. The SMILES string of the molecule is O=C(O)c1cc([N+](=O)[O-])ccc1[I+]c1ccccc1. The molecule has 0 spiro atoms. The molecule has 0 fully saturated rings. The first kappa shape index (κ1) is 13.5. The number of carboxylic acid groups (broad SMARTS) is 1. The van der Waals surface area contributed by atoms with Crippen LogP contribution in [0.25, 0.3) is 0 Å². The van der Waals surface area contributed by atoms with Gasteiger partial charge in [-0.1, -0.05) is 18.2 Å². The topological polar surface area (TPSA) is 80.4 Å². The Morgan fingerprint density at radius 1 is 1.16 bits per heavy atom. The van der Waals surface area contributed by atoms with E-state index in [0.29, 0.717) is 3.57 Å². The minimum absolute atomic E-state index is 0.0193. The van der Waals surface area contributed by atoms with Crippen molar-refractivity contribution < 1.29 is 36.0 Å². The average Bonchev–Trinajstić information content (AvgIpc) is 2.39. The number of halogens is 1. The van der Waals surface area contributed by atoms with Gasteiger partial charge in [0.15, 0.2) is 3.57 Å². The highest BCUT2D eigenvalue weighted by Crippen LogP contribution is 2.13. The number of nitro groups is 1. The summed E-state index contributed by atoms with van der Waals surface area (Å²) in [6, 6.07) is 13.6. The van der Waals surface area contributed by atoms with Crippen molar-refractivity contribution in [3.8, 4) is 0 Å². The van der Waals surface area contributed by atoms with E-state index in [-0.39, 0.29) is 11.3 Å². The summed E-state index contributed by atoms with van der Waals surface area (Å²) < 4.78 is 1.74. The van der Waals surface area contributed by atoms with Crippen LogP contribution in [-0.2, 0) is 0 Å². The Morgan fingerprint density at radius 3 is 2.42 bits per heavy atom. The van der Waals surface area contributed by atoms with Crippen molar-refractivity contribution >= 4 is 11.7 Å². The Balaban J connectivity index is 2.40. The first-order valence-corrected chi connectivity index (χ1v) is 7.45. The van der Waals surface area contributed by atoms with Crippen LogP contribution in [0, 0.1) is 17.3 Å². The third-order valence-corrected chi connectivity index (χ3v) is 5.20. The van der Waals surface area contributed by atoms with Crippen molar-refractivity contribution in [2.45, 2.75) is 0 Å². The van der Waals surface area contributed by atoms with Crippen LogP contribution in [0.15, 0.2) is 48.5 Å². The van der Waals surface area contributed by atoms with Gasteiger partial charge in [0, 0.05) is 12.1 Å². The van der Waals surface area contributed by atoms with E-state index >= 15 is 0 Å². The smallest absolute Gasteiger partial charge is 0.358 e. The molecule has 0 aliphatic carbocycles. The lowest BCUT2D eigenvalue weighted by molar-refractivity contribution is -0.597. The van der Waals surface area contributed by atoms with E-state index in [0.717, 1.165) is 9.64 Å². The number of hydrogen-bond acceptors (Lipinski definition) is 3. The molecule has 0 saturated heterocycles. The van der Waals surface area contributed by atoms with Gasteiger partial charge < -0.3 is 5.11 Å². The quantitative estimate of drug-likeness (QED) is 0.444. The lowest BCUT2D eigenvalue weighted by Gasteiger charge is -1.96. The van der Waals surface area contributed by atoms with Gasteiger partial charge in [0.05, 0.1) is 4.92 Å². The molecule has 1 N–H and O–H groups in total. The van der Waals surface area contributed by atoms with E-state index in [9.17, 15) is 14.9 Å². The molecule has 0 aromatic heterocycles. The van der Waals surface area contributed by atoms with Gasteiger partial charge in [0.2, 0.25) is 3.57 Å². The molecule has 19 heavy (non-hydrogen) atoms. The summed E-state index contributed by atoms with van der Waals surface area (Å²) in [5.41, 5.74) is -0.177. The van der Waals surface area contributed by atoms with E-state index in [1.165, 1.54) is 6.07 Å². The number of nitrogens with zero attached hydrogens (tertiary/aromatic N) is 1. The van der Waals surface area contributed by atoms with E-state index in [1.807, 2.05) is 30.3 Å². The molecule has 0 amide bonds. The molecule has 0 aliphatic rings. The number of non-ortho nitro benzene ring substituents is 1. The second-order valence-electron chi connectivity index (χ2n) is 3.62. The van der Waals surface area contributed by atoms with Gasteiger partial charge in [-0.05, 0) is 18.2 Å². The first-order valence-electron chi connectivity index (χ1n) is 5.29. The van der Waals surface area contributed by atoms with Crippen LogP contribution in [-0.4, -0.2) is 16.0 Å². The zero-order valence-corrected chi connectivity index (χ0v) is 11.8. The van der Waals surface area contributed by atoms with E-state index in [4.69, 9.17) is 5.11 Å². The van der Waals surface area contributed by atoms with Crippen LogP contribution >= 0.6 is 0 Å². The lowest BCUT2D eigenvalue weighted by Crippen LogP contribution is -3.61. The molecule has 0 unspecified atom stereocenters. The zero-order chi connectivity index (χ0) is 13.8. The van der Waals surface area contributed by atoms with Crippen molar-refractivity contribution in [1.29, 1.82) is 0 Å². The van der Waals surface area contributed by atoms with Crippen LogP contribution in [0.1, 0.15) is 10.4 Å². The monoisotopic (exact) mass is 370 g/mol. The number of carboxylic acids is 1. The van der Waals surface area contributed by atoms with Crippen molar-refractivity contribution in [3.63, 3.8) is 0 Å². The Hall–Kier alpha value is -1.96. The fourth-order valence-electron chi connectivity index (χ4n) is 1.47. The summed E-state index contributed by atoms with van der Waals surface area (Å²) in [6.07, 6.45) is 0. The van der Waals surface area contributed by atoms with Gasteiger partial charge >= 0.3 is 27.2 Å². The van der Waals surface area contributed by atoms with E-state index in [1.54, 1.807) is 6.07 Å². The number of rotatable bonds is 4. The Bertz CT molecular complexity index is 628. The molecule has 0 aliphatic heterocycles. The summed E-state index contributed by atoms with van der Waals surface area (Å²) >= 11 is -0.663. The fraction of sp³-hybridized carbons (Fsp3) is 0. The molecule has 2 aromatic rings. The predicted octanol–water partition coefficient (Wildman–Crippen LogP) is -0.579. The third-order valence-electron chi connectivity index (χ3n) is 2.34. The van der Waals surface area contributed by atoms with E-state index < -0.39 is 32.1 Å². The third kappa shape index (κ3) is 3.28. The summed E-state index contributed by atoms with van der Waals surface area (Å²) in [5.74, 6) is -1.13. The second kappa shape index (κ2) is 5.79. The molecule has 5 nitrogen and oxygen atoms in total. The van der Waals surface area contributed by atoms with E-state index in [2.05, 4.69) is 0 Å². The van der Waals surface area contributed by atoms with Gasteiger partial charge in [-0.15, -0.1) is 0 Å². The van der Waals surface area contributed by atoms with Crippen molar-refractivity contribution in [2.75, 3.05) is 0 Å². The predicted molar refractivity (Wildman–Crippen MR) is 63.9 cm³/mol. The molecule has 0 atom stereocenters. The minimum Gasteiger partial charge on any atom is -0.478 e. The summed E-state index contributed by atoms with van der Waals surface area (Å²) in [6.45, 7) is 0. The number of carbonyl (C=O) groups is 1. The van der Waals surface area contributed by atoms with Gasteiger partial charge in [0.25, 0.3) is 5.69 Å². The Morgan fingerprint density at radius 2 is 1.84 bits per heavy atom. The molecule has 0 saturated carbocycles. The highest BCUT2D eigenvalue weighted by atomic mass is 127. The summed E-state index contributed by atoms with van der Waals surface area (Å²) in [7, 11) is 0. The molecular formula is C13H9INO4+. The maximum absolute atomic E-state index is 11.2. The van der Waals surface area contributed by atoms with Gasteiger partial charge in [-0.25, -0.2) is 4.79 Å². The summed E-state index contributed by atoms with van der Waals surface area (Å²) in [4.78, 5) is 21.3. The van der Waals surface area contributed by atoms with Crippen molar-refractivity contribution in [2.24, 2.45) is 0 Å². The molecule has 6 heteroatoms. The van der Waals surface area contributed by atoms with Gasteiger partial charge in [-0.2, -0.15) is 0 Å². The standard InChI is InChI=1S/C13H8INO4/c16-13(17)11-8-10(15(18)19)6-7-12(11)14-9-4-2-1-3-5-9/h1-8H/p+1. The minimum atomic E-state index is -1.13. The number of aromatic carboxylic acids is 1. The molecule has 2 rings (SSSR count). The zero-order valence-electron chi connectivity index (χ0n) is 9.62. The maximum atomic E-state index is 11.2. The fourth-order valence-corrected chi connectivity index (χ4v) is 3.95. The lowest BCUT2D eigenvalue weighted by atomic mass is 10.2. The highest BCUT2D eigenvalue weighted by Gasteiger charge is 2.26. The highest BCUT2D eigenvalue weighted by molar-refractivity contribution is 5.88. The van der Waals surface area contributed by atoms with Crippen molar-refractivity contribution in [3.05, 3.63) is 71.3 Å². The summed E-state index contributed by atoms with van der Waals surface area (Å²) in [5, 5.41) is 19.8. The normalized spacial score (nSPS) is 10.1. The largest absolute Gasteiger partial charge is 0.478 e. The van der Waals surface area contributed by atoms with Crippen molar-refractivity contribution in [1.82, 2.24) is 0 Å². The number of nitro benzene ring substituents is 1. The van der Waals surface area contributed by atoms with Gasteiger partial charge in [0.1, 0.15) is 5.56 Å². The second-order valence-corrected chi connectivity index (χ2v) is 6.56. The van der Waals surface area contributed by atoms with Crippen LogP contribution in [0.4, 0.5) is 5.69 Å². The Labute approximate surface area is 119 Å². The van der Waals surface area contributed by atoms with Crippen LogP contribution < -0.4 is 21.2 Å². The molecule has 0 bridgehead atoms. The average molecular weight is 370 g/mol. The number of benzene rings is 2. The first-order chi connectivity index (χ1) is 9.08. The molecular weight excluding hydrogens is 361 g/mol. The molecule has 0 heterocycles. The van der Waals surface area contributed by atoms with Crippen LogP contribution in [0.3, 0.4) is 0 Å². The number of hydrogen-bond donors (Lipinski definition) is 1. The van der Waals surface area contributed by atoms with Crippen LogP contribution in [0.2, 0.25) is 0 Å². The molecule has 0 radical (unpaired) electrons. The van der Waals surface area contributed by atoms with Gasteiger partial charge in [-0.3, -0.25) is 10.1 Å².